The van der Waals surface area contributed by atoms with Gasteiger partial charge in [0.05, 0.1) is 6.04 Å². The summed E-state index contributed by atoms with van der Waals surface area (Å²) in [5.41, 5.74) is 0. The van der Waals surface area contributed by atoms with Crippen LogP contribution < -0.4 is 5.32 Å². The topological polar surface area (TPSA) is 109 Å². The molecule has 0 spiro atoms. The summed E-state index contributed by atoms with van der Waals surface area (Å²) in [6.45, 7) is 1.31. The van der Waals surface area contributed by atoms with E-state index in [-0.39, 0.29) is 11.9 Å². The Bertz CT molecular complexity index is 538. The third kappa shape index (κ3) is 2.76. The van der Waals surface area contributed by atoms with Crippen molar-refractivity contribution in [3.63, 3.8) is 0 Å². The molecule has 2 N–H and O–H groups in total. The van der Waals surface area contributed by atoms with Gasteiger partial charge in [0, 0.05) is 6.54 Å². The van der Waals surface area contributed by atoms with Crippen LogP contribution in [0.1, 0.15) is 54.7 Å². The van der Waals surface area contributed by atoms with Crippen molar-refractivity contribution in [1.29, 1.82) is 0 Å². The van der Waals surface area contributed by atoms with Gasteiger partial charge in [-0.25, -0.2) is 4.79 Å². The van der Waals surface area contributed by atoms with Crippen molar-refractivity contribution in [3.8, 4) is 0 Å². The van der Waals surface area contributed by atoms with Crippen LogP contribution in [0.5, 0.6) is 0 Å². The number of aromatic nitrogens is 2. The van der Waals surface area contributed by atoms with Gasteiger partial charge in [-0.15, -0.1) is 0 Å². The number of carboxylic acid groups (broad SMARTS) is 1. The first kappa shape index (κ1) is 14.0. The molecule has 2 fully saturated rings. The van der Waals surface area contributed by atoms with Gasteiger partial charge in [-0.05, 0) is 38.6 Å². The van der Waals surface area contributed by atoms with Gasteiger partial charge < -0.3 is 19.8 Å². The van der Waals surface area contributed by atoms with Crippen LogP contribution in [-0.4, -0.2) is 51.2 Å². The molecule has 8 nitrogen and oxygen atoms in total. The highest BCUT2D eigenvalue weighted by molar-refractivity contribution is 5.93. The lowest BCUT2D eigenvalue weighted by Crippen LogP contribution is -2.48. The Kier molecular flexibility index (Phi) is 3.87. The Morgan fingerprint density at radius 2 is 2.14 bits per heavy atom. The first-order valence-corrected chi connectivity index (χ1v) is 7.27. The molecule has 3 rings (SSSR count). The zero-order chi connectivity index (χ0) is 14.8. The van der Waals surface area contributed by atoms with Crippen LogP contribution in [0.25, 0.3) is 0 Å². The number of nitrogens with zero attached hydrogens (tertiary/aromatic N) is 3. The molecule has 0 aromatic carbocycles. The van der Waals surface area contributed by atoms with E-state index in [1.807, 2.05) is 0 Å². The number of piperidine rings is 1. The molecule has 0 aliphatic carbocycles. The summed E-state index contributed by atoms with van der Waals surface area (Å²) in [6, 6.07) is -0.798. The van der Waals surface area contributed by atoms with Crippen molar-refractivity contribution in [3.05, 3.63) is 11.7 Å². The van der Waals surface area contributed by atoms with Gasteiger partial charge in [-0.2, -0.15) is 4.98 Å². The molecular formula is C13H18N4O4. The number of carbonyl (C=O) groups excluding carboxylic acids is 1. The fourth-order valence-corrected chi connectivity index (χ4v) is 2.92. The van der Waals surface area contributed by atoms with E-state index in [1.54, 1.807) is 0 Å². The quantitative estimate of drug-likeness (QED) is 0.839. The summed E-state index contributed by atoms with van der Waals surface area (Å²) < 4.78 is 5.14. The average Bonchev–Trinajstić information content (AvgIpc) is 3.17. The number of carbonyl (C=O) groups is 2. The summed E-state index contributed by atoms with van der Waals surface area (Å²) in [5, 5.41) is 16.1. The van der Waals surface area contributed by atoms with E-state index in [0.29, 0.717) is 18.9 Å². The van der Waals surface area contributed by atoms with Gasteiger partial charge in [-0.3, -0.25) is 4.79 Å². The first-order chi connectivity index (χ1) is 10.2. The SMILES string of the molecule is O=C(O)C1CCCCN1C(=O)c1noc(C2CCCN2)n1. The summed E-state index contributed by atoms with van der Waals surface area (Å²) in [4.78, 5) is 29.1. The van der Waals surface area contributed by atoms with Crippen molar-refractivity contribution >= 4 is 11.9 Å². The van der Waals surface area contributed by atoms with Gasteiger partial charge in [-0.1, -0.05) is 5.16 Å². The largest absolute Gasteiger partial charge is 0.480 e. The third-order valence-electron chi connectivity index (χ3n) is 4.04. The van der Waals surface area contributed by atoms with Crippen molar-refractivity contribution < 1.29 is 19.2 Å². The van der Waals surface area contributed by atoms with Crippen LogP contribution in [0.15, 0.2) is 4.52 Å². The lowest BCUT2D eigenvalue weighted by Gasteiger charge is -2.31. The second kappa shape index (κ2) is 5.80. The van der Waals surface area contributed by atoms with E-state index in [9.17, 15) is 14.7 Å². The van der Waals surface area contributed by atoms with Crippen LogP contribution in [0.2, 0.25) is 0 Å². The van der Waals surface area contributed by atoms with Crippen molar-refractivity contribution in [2.24, 2.45) is 0 Å². The minimum Gasteiger partial charge on any atom is -0.480 e. The normalized spacial score (nSPS) is 26.0. The maximum atomic E-state index is 12.4. The molecule has 1 aromatic heterocycles. The van der Waals surface area contributed by atoms with Crippen LogP contribution in [0.3, 0.4) is 0 Å². The van der Waals surface area contributed by atoms with E-state index in [2.05, 4.69) is 15.5 Å². The fraction of sp³-hybridized carbons (Fsp3) is 0.692. The monoisotopic (exact) mass is 294 g/mol. The number of likely N-dealkylation sites (tertiary alicyclic amines) is 1. The first-order valence-electron chi connectivity index (χ1n) is 7.27. The van der Waals surface area contributed by atoms with E-state index in [0.717, 1.165) is 32.2 Å². The third-order valence-corrected chi connectivity index (χ3v) is 4.04. The van der Waals surface area contributed by atoms with E-state index >= 15 is 0 Å². The molecule has 2 atom stereocenters. The smallest absolute Gasteiger partial charge is 0.326 e. The molecule has 1 aromatic rings. The van der Waals surface area contributed by atoms with Crippen LogP contribution >= 0.6 is 0 Å². The molecule has 1 amide bonds. The van der Waals surface area contributed by atoms with Crippen molar-refractivity contribution in [2.75, 3.05) is 13.1 Å². The zero-order valence-corrected chi connectivity index (χ0v) is 11.6. The summed E-state index contributed by atoms with van der Waals surface area (Å²) in [6.07, 6.45) is 4.01. The van der Waals surface area contributed by atoms with Crippen molar-refractivity contribution in [2.45, 2.75) is 44.2 Å². The average molecular weight is 294 g/mol. The number of carboxylic acids is 1. The highest BCUT2D eigenvalue weighted by atomic mass is 16.5. The summed E-state index contributed by atoms with van der Waals surface area (Å²) in [7, 11) is 0. The van der Waals surface area contributed by atoms with Crippen LogP contribution in [-0.2, 0) is 4.79 Å². The molecule has 114 valence electrons. The lowest BCUT2D eigenvalue weighted by molar-refractivity contribution is -0.143. The van der Waals surface area contributed by atoms with Gasteiger partial charge in [0.25, 0.3) is 11.7 Å². The molecular weight excluding hydrogens is 276 g/mol. The second-order valence-electron chi connectivity index (χ2n) is 5.45. The Morgan fingerprint density at radius 3 is 2.86 bits per heavy atom. The number of amides is 1. The van der Waals surface area contributed by atoms with E-state index in [4.69, 9.17) is 4.52 Å². The Hall–Kier alpha value is -1.96. The standard InChI is InChI=1S/C13H18N4O4/c18-12(17-7-2-1-5-9(17)13(19)20)10-15-11(21-16-10)8-4-3-6-14-8/h8-9,14H,1-7H2,(H,19,20). The predicted octanol–water partition coefficient (Wildman–Crippen LogP) is 0.573. The van der Waals surface area contributed by atoms with Gasteiger partial charge in [0.1, 0.15) is 6.04 Å². The lowest BCUT2D eigenvalue weighted by atomic mass is 10.0. The maximum absolute atomic E-state index is 12.4. The fourth-order valence-electron chi connectivity index (χ4n) is 2.92. The van der Waals surface area contributed by atoms with Crippen molar-refractivity contribution in [1.82, 2.24) is 20.4 Å². The predicted molar refractivity (Wildman–Crippen MR) is 70.6 cm³/mol. The van der Waals surface area contributed by atoms with E-state index in [1.165, 1.54) is 4.90 Å². The molecule has 0 radical (unpaired) electrons. The number of rotatable bonds is 3. The van der Waals surface area contributed by atoms with Crippen LogP contribution in [0.4, 0.5) is 0 Å². The van der Waals surface area contributed by atoms with Gasteiger partial charge in [0.15, 0.2) is 0 Å². The minimum absolute atomic E-state index is 0.00400. The van der Waals surface area contributed by atoms with Gasteiger partial charge >= 0.3 is 5.97 Å². The Labute approximate surface area is 121 Å². The highest BCUT2D eigenvalue weighted by Gasteiger charge is 2.35. The molecule has 2 saturated heterocycles. The number of nitrogens with one attached hydrogen (secondary N) is 1. The van der Waals surface area contributed by atoms with Gasteiger partial charge in [0.2, 0.25) is 5.89 Å². The summed E-state index contributed by atoms with van der Waals surface area (Å²) in [5.74, 6) is -1.09. The number of aliphatic carboxylic acids is 1. The summed E-state index contributed by atoms with van der Waals surface area (Å²) >= 11 is 0. The van der Waals surface area contributed by atoms with E-state index < -0.39 is 17.9 Å². The molecule has 21 heavy (non-hydrogen) atoms. The maximum Gasteiger partial charge on any atom is 0.326 e. The molecule has 2 aliphatic heterocycles. The minimum atomic E-state index is -0.982. The molecule has 2 aliphatic rings. The zero-order valence-electron chi connectivity index (χ0n) is 11.6. The Balaban J connectivity index is 1.76. The molecule has 8 heteroatoms. The molecule has 0 saturated carbocycles. The number of hydrogen-bond donors (Lipinski definition) is 2. The number of hydrogen-bond acceptors (Lipinski definition) is 6. The van der Waals surface area contributed by atoms with Crippen LogP contribution in [0, 0.1) is 0 Å². The highest BCUT2D eigenvalue weighted by Crippen LogP contribution is 2.23. The molecule has 2 unspecified atom stereocenters. The molecule has 0 bridgehead atoms. The Morgan fingerprint density at radius 1 is 1.29 bits per heavy atom. The molecule has 3 heterocycles. The second-order valence-corrected chi connectivity index (χ2v) is 5.45.